The molecule has 0 aliphatic heterocycles. The van der Waals surface area contributed by atoms with Crippen molar-refractivity contribution in [2.24, 2.45) is 0 Å². The topological polar surface area (TPSA) is 9.23 Å². The van der Waals surface area contributed by atoms with Gasteiger partial charge in [0.25, 0.3) is 0 Å². The molecule has 0 fully saturated rings. The third kappa shape index (κ3) is 1.67. The van der Waals surface area contributed by atoms with Crippen molar-refractivity contribution in [3.8, 4) is 5.75 Å². The number of halogens is 2. The van der Waals surface area contributed by atoms with Crippen molar-refractivity contribution in [1.82, 2.24) is 0 Å². The van der Waals surface area contributed by atoms with Gasteiger partial charge >= 0.3 is 0 Å². The van der Waals surface area contributed by atoms with Crippen molar-refractivity contribution in [1.29, 1.82) is 0 Å². The van der Waals surface area contributed by atoms with Gasteiger partial charge in [-0.05, 0) is 6.07 Å². The van der Waals surface area contributed by atoms with Gasteiger partial charge in [0.15, 0.2) is 0 Å². The number of rotatable bonds is 2. The van der Waals surface area contributed by atoms with E-state index in [0.29, 0.717) is 11.3 Å². The number of hydrogen-bond acceptors (Lipinski definition) is 2. The van der Waals surface area contributed by atoms with Crippen molar-refractivity contribution in [3.63, 3.8) is 0 Å². The Bertz CT molecular complexity index is 262. The number of benzene rings is 1. The molecule has 0 aliphatic carbocycles. The molecule has 0 aromatic heterocycles. The lowest BCUT2D eigenvalue weighted by Gasteiger charge is -2.06. The van der Waals surface area contributed by atoms with Crippen LogP contribution in [0.2, 0.25) is 0 Å². The standard InChI is InChI=1S/C8H8ClFOS/c1-11-6-3-2-5(4-9)7(10)8(6)12/h2-3,12H,4H2,1H3. The Morgan fingerprint density at radius 2 is 2.25 bits per heavy atom. The highest BCUT2D eigenvalue weighted by Gasteiger charge is 2.09. The van der Waals surface area contributed by atoms with Crippen LogP contribution >= 0.6 is 24.2 Å². The Labute approximate surface area is 80.9 Å². The number of thiol groups is 1. The Balaban J connectivity index is 3.20. The Kier molecular flexibility index (Phi) is 3.23. The molecule has 4 heteroatoms. The Morgan fingerprint density at radius 1 is 1.58 bits per heavy atom. The molecule has 0 bridgehead atoms. The second-order valence-electron chi connectivity index (χ2n) is 2.22. The van der Waals surface area contributed by atoms with Crippen molar-refractivity contribution in [2.75, 3.05) is 7.11 Å². The van der Waals surface area contributed by atoms with Crippen LogP contribution < -0.4 is 4.74 Å². The zero-order valence-corrected chi connectivity index (χ0v) is 8.12. The number of ether oxygens (including phenoxy) is 1. The minimum absolute atomic E-state index is 0.142. The molecule has 0 saturated carbocycles. The van der Waals surface area contributed by atoms with Crippen LogP contribution in [0.4, 0.5) is 4.39 Å². The average molecular weight is 207 g/mol. The van der Waals surface area contributed by atoms with Gasteiger partial charge in [-0.2, -0.15) is 0 Å². The van der Waals surface area contributed by atoms with E-state index < -0.39 is 5.82 Å². The molecule has 0 spiro atoms. The fraction of sp³-hybridized carbons (Fsp3) is 0.250. The summed E-state index contributed by atoms with van der Waals surface area (Å²) in [7, 11) is 1.47. The highest BCUT2D eigenvalue weighted by atomic mass is 35.5. The van der Waals surface area contributed by atoms with E-state index in [2.05, 4.69) is 12.6 Å². The van der Waals surface area contributed by atoms with E-state index in [1.807, 2.05) is 0 Å². The summed E-state index contributed by atoms with van der Waals surface area (Å²) in [5.41, 5.74) is 0.433. The lowest BCUT2D eigenvalue weighted by atomic mass is 10.2. The zero-order valence-electron chi connectivity index (χ0n) is 6.47. The van der Waals surface area contributed by atoms with Crippen LogP contribution in [0.5, 0.6) is 5.75 Å². The molecule has 12 heavy (non-hydrogen) atoms. The molecule has 0 N–H and O–H groups in total. The molecule has 0 radical (unpaired) electrons. The summed E-state index contributed by atoms with van der Waals surface area (Å²) in [5.74, 6) is 0.154. The summed E-state index contributed by atoms with van der Waals surface area (Å²) in [6.07, 6.45) is 0. The lowest BCUT2D eigenvalue weighted by Crippen LogP contribution is -1.92. The van der Waals surface area contributed by atoms with Gasteiger partial charge < -0.3 is 4.74 Å². The minimum atomic E-state index is -0.410. The van der Waals surface area contributed by atoms with Crippen LogP contribution in [0.3, 0.4) is 0 Å². The summed E-state index contributed by atoms with van der Waals surface area (Å²) < 4.78 is 18.1. The first-order valence-corrected chi connectivity index (χ1v) is 4.29. The Hall–Kier alpha value is -0.410. The highest BCUT2D eigenvalue weighted by Crippen LogP contribution is 2.28. The smallest absolute Gasteiger partial charge is 0.144 e. The van der Waals surface area contributed by atoms with Gasteiger partial charge in [-0.25, -0.2) is 4.39 Å². The Morgan fingerprint density at radius 3 is 2.75 bits per heavy atom. The van der Waals surface area contributed by atoms with Gasteiger partial charge in [-0.3, -0.25) is 0 Å². The minimum Gasteiger partial charge on any atom is -0.495 e. The normalized spacial score (nSPS) is 10.0. The van der Waals surface area contributed by atoms with Crippen LogP contribution in [0.1, 0.15) is 5.56 Å². The lowest BCUT2D eigenvalue weighted by molar-refractivity contribution is 0.397. The van der Waals surface area contributed by atoms with E-state index in [9.17, 15) is 4.39 Å². The highest BCUT2D eigenvalue weighted by molar-refractivity contribution is 7.80. The van der Waals surface area contributed by atoms with Gasteiger partial charge in [0.2, 0.25) is 0 Å². The maximum atomic E-state index is 13.2. The predicted octanol–water partition coefficient (Wildman–Crippen LogP) is 2.86. The molecule has 66 valence electrons. The van der Waals surface area contributed by atoms with E-state index in [0.717, 1.165) is 0 Å². The maximum absolute atomic E-state index is 13.2. The van der Waals surface area contributed by atoms with E-state index >= 15 is 0 Å². The molecule has 0 unspecified atom stereocenters. The number of methoxy groups -OCH3 is 1. The summed E-state index contributed by atoms with van der Waals surface area (Å²) in [6.45, 7) is 0. The van der Waals surface area contributed by atoms with E-state index in [1.54, 1.807) is 12.1 Å². The molecular weight excluding hydrogens is 199 g/mol. The SMILES string of the molecule is COc1ccc(CCl)c(F)c1S. The molecule has 0 heterocycles. The third-order valence-electron chi connectivity index (χ3n) is 1.52. The van der Waals surface area contributed by atoms with Gasteiger partial charge in [-0.1, -0.05) is 6.07 Å². The quantitative estimate of drug-likeness (QED) is 0.578. The van der Waals surface area contributed by atoms with Crippen molar-refractivity contribution >= 4 is 24.2 Å². The van der Waals surface area contributed by atoms with Gasteiger partial charge in [0, 0.05) is 5.56 Å². The third-order valence-corrected chi connectivity index (χ3v) is 2.23. The zero-order chi connectivity index (χ0) is 9.14. The molecule has 1 aromatic rings. The van der Waals surface area contributed by atoms with Crippen LogP contribution in [-0.4, -0.2) is 7.11 Å². The summed E-state index contributed by atoms with van der Waals surface area (Å²) >= 11 is 9.44. The largest absolute Gasteiger partial charge is 0.495 e. The summed E-state index contributed by atoms with van der Waals surface area (Å²) in [4.78, 5) is 0.204. The average Bonchev–Trinajstić information content (AvgIpc) is 2.10. The molecule has 0 atom stereocenters. The first kappa shape index (κ1) is 9.68. The monoisotopic (exact) mass is 206 g/mol. The second-order valence-corrected chi connectivity index (χ2v) is 2.94. The number of alkyl halides is 1. The second kappa shape index (κ2) is 4.01. The van der Waals surface area contributed by atoms with Crippen LogP contribution in [0.15, 0.2) is 17.0 Å². The fourth-order valence-corrected chi connectivity index (χ4v) is 1.37. The first-order valence-electron chi connectivity index (χ1n) is 3.31. The number of hydrogen-bond donors (Lipinski definition) is 1. The summed E-state index contributed by atoms with van der Waals surface area (Å²) in [6, 6.07) is 3.23. The van der Waals surface area contributed by atoms with Crippen molar-refractivity contribution in [3.05, 3.63) is 23.5 Å². The van der Waals surface area contributed by atoms with Crippen molar-refractivity contribution in [2.45, 2.75) is 10.8 Å². The van der Waals surface area contributed by atoms with Crippen molar-refractivity contribution < 1.29 is 9.13 Å². The maximum Gasteiger partial charge on any atom is 0.144 e. The van der Waals surface area contributed by atoms with E-state index in [4.69, 9.17) is 16.3 Å². The summed E-state index contributed by atoms with van der Waals surface area (Å²) in [5, 5.41) is 0. The van der Waals surface area contributed by atoms with Crippen LogP contribution in [0, 0.1) is 5.82 Å². The van der Waals surface area contributed by atoms with Crippen LogP contribution in [-0.2, 0) is 5.88 Å². The van der Waals surface area contributed by atoms with Gasteiger partial charge in [0.05, 0.1) is 17.9 Å². The molecule has 0 saturated heterocycles. The van der Waals surface area contributed by atoms with Crippen LogP contribution in [0.25, 0.3) is 0 Å². The fourth-order valence-electron chi connectivity index (χ4n) is 0.857. The van der Waals surface area contributed by atoms with Gasteiger partial charge in [-0.15, -0.1) is 24.2 Å². The molecule has 0 aliphatic rings. The van der Waals surface area contributed by atoms with E-state index in [-0.39, 0.29) is 10.8 Å². The molecule has 1 nitrogen and oxygen atoms in total. The first-order chi connectivity index (χ1) is 5.70. The van der Waals surface area contributed by atoms with Gasteiger partial charge in [0.1, 0.15) is 11.6 Å². The molecule has 1 aromatic carbocycles. The van der Waals surface area contributed by atoms with E-state index in [1.165, 1.54) is 7.11 Å². The molecular formula is C8H8ClFOS. The predicted molar refractivity (Wildman–Crippen MR) is 49.8 cm³/mol. The molecule has 0 amide bonds. The molecule has 1 rings (SSSR count).